The fourth-order valence-corrected chi connectivity index (χ4v) is 3.60. The second-order valence-corrected chi connectivity index (χ2v) is 5.13. The number of amidine groups is 2. The van der Waals surface area contributed by atoms with E-state index in [0.29, 0.717) is 5.17 Å². The summed E-state index contributed by atoms with van der Waals surface area (Å²) >= 11 is 0. The Labute approximate surface area is 98.6 Å². The van der Waals surface area contributed by atoms with Gasteiger partial charge in [-0.25, -0.2) is 0 Å². The molecular formula is C8H6N4O2S2. The molecule has 82 valence electrons. The maximum atomic E-state index is 11.7. The molecule has 0 saturated carbocycles. The molecule has 8 heteroatoms. The van der Waals surface area contributed by atoms with E-state index in [1.165, 1.54) is 33.9 Å². The summed E-state index contributed by atoms with van der Waals surface area (Å²) in [5.41, 5.74) is 0.225. The van der Waals surface area contributed by atoms with Gasteiger partial charge in [0, 0.05) is 12.6 Å². The van der Waals surface area contributed by atoms with Crippen molar-refractivity contribution in [1.29, 1.82) is 0 Å². The van der Waals surface area contributed by atoms with Crippen LogP contribution in [0.2, 0.25) is 0 Å². The lowest BCUT2D eigenvalue weighted by Crippen LogP contribution is -2.26. The summed E-state index contributed by atoms with van der Waals surface area (Å²) in [7, 11) is 2.97. The summed E-state index contributed by atoms with van der Waals surface area (Å²) in [5, 5.41) is 5.15. The third kappa shape index (κ3) is 1.63. The van der Waals surface area contributed by atoms with Crippen molar-refractivity contribution in [2.24, 2.45) is 9.98 Å². The molecule has 0 aliphatic carbocycles. The smallest absolute Gasteiger partial charge is 0.301 e. The van der Waals surface area contributed by atoms with Gasteiger partial charge in [-0.3, -0.25) is 14.7 Å². The number of fused-ring (bicyclic) bond motifs is 1. The van der Waals surface area contributed by atoms with Gasteiger partial charge in [0.05, 0.1) is 6.54 Å². The molecule has 3 heterocycles. The minimum atomic E-state index is -0.384. The normalized spacial score (nSPS) is 21.4. The maximum Gasteiger partial charge on any atom is 0.301 e. The third-order valence-electron chi connectivity index (χ3n) is 2.08. The van der Waals surface area contributed by atoms with Gasteiger partial charge in [-0.2, -0.15) is 4.99 Å². The van der Waals surface area contributed by atoms with Gasteiger partial charge in [0.1, 0.15) is 6.26 Å². The average Bonchev–Trinajstić information content (AvgIpc) is 2.94. The zero-order chi connectivity index (χ0) is 11.0. The van der Waals surface area contributed by atoms with Crippen LogP contribution >= 0.6 is 21.6 Å². The van der Waals surface area contributed by atoms with Crippen molar-refractivity contribution in [2.45, 2.75) is 0 Å². The average molecular weight is 254 g/mol. The predicted molar refractivity (Wildman–Crippen MR) is 62.5 cm³/mol. The SMILES string of the molecule is O=C(/N=C1/SSC2=NCCN21)c1ccon1. The van der Waals surface area contributed by atoms with E-state index >= 15 is 0 Å². The highest BCUT2D eigenvalue weighted by molar-refractivity contribution is 8.88. The molecule has 2 aliphatic rings. The maximum absolute atomic E-state index is 11.7. The summed E-state index contributed by atoms with van der Waals surface area (Å²) in [6, 6.07) is 1.50. The molecule has 0 atom stereocenters. The molecule has 16 heavy (non-hydrogen) atoms. The number of hydrogen-bond donors (Lipinski definition) is 0. The Hall–Kier alpha value is -1.28. The monoisotopic (exact) mass is 254 g/mol. The lowest BCUT2D eigenvalue weighted by atomic mass is 10.4. The van der Waals surface area contributed by atoms with Gasteiger partial charge in [0.25, 0.3) is 0 Å². The molecule has 1 fully saturated rings. The number of rotatable bonds is 1. The molecule has 1 aromatic heterocycles. The third-order valence-corrected chi connectivity index (χ3v) is 4.26. The topological polar surface area (TPSA) is 71.1 Å². The van der Waals surface area contributed by atoms with Gasteiger partial charge in [-0.05, 0) is 21.6 Å². The highest BCUT2D eigenvalue weighted by Crippen LogP contribution is 2.38. The quantitative estimate of drug-likeness (QED) is 0.702. The van der Waals surface area contributed by atoms with E-state index in [1.54, 1.807) is 0 Å². The molecule has 1 amide bonds. The predicted octanol–water partition coefficient (Wildman–Crippen LogP) is 1.24. The van der Waals surface area contributed by atoms with E-state index < -0.39 is 0 Å². The Bertz CT molecular complexity index is 482. The first-order valence-electron chi connectivity index (χ1n) is 4.54. The number of carbonyl (C=O) groups is 1. The van der Waals surface area contributed by atoms with Gasteiger partial charge in [-0.1, -0.05) is 5.16 Å². The number of hydrogen-bond acceptors (Lipinski definition) is 6. The second kappa shape index (κ2) is 3.95. The number of carbonyl (C=O) groups excluding carboxylic acids is 1. The Kier molecular flexibility index (Phi) is 2.44. The van der Waals surface area contributed by atoms with Crippen LogP contribution in [0.25, 0.3) is 0 Å². The number of amides is 1. The minimum Gasteiger partial charge on any atom is -0.364 e. The fraction of sp³-hybridized carbons (Fsp3) is 0.250. The molecule has 0 spiro atoms. The Balaban J connectivity index is 1.83. The highest BCUT2D eigenvalue weighted by Gasteiger charge is 2.31. The molecule has 0 unspecified atom stereocenters. The van der Waals surface area contributed by atoms with Crippen LogP contribution in [0.1, 0.15) is 10.5 Å². The molecule has 1 aromatic rings. The van der Waals surface area contributed by atoms with Crippen LogP contribution in [0, 0.1) is 0 Å². The van der Waals surface area contributed by atoms with E-state index in [1.807, 2.05) is 4.90 Å². The summed E-state index contributed by atoms with van der Waals surface area (Å²) in [5.74, 6) is -0.384. The molecule has 3 rings (SSSR count). The second-order valence-electron chi connectivity index (χ2n) is 3.07. The molecule has 2 aliphatic heterocycles. The zero-order valence-electron chi connectivity index (χ0n) is 7.99. The van der Waals surface area contributed by atoms with Crippen molar-refractivity contribution in [1.82, 2.24) is 10.1 Å². The summed E-state index contributed by atoms with van der Waals surface area (Å²) < 4.78 is 4.60. The van der Waals surface area contributed by atoms with Crippen LogP contribution in [0.3, 0.4) is 0 Å². The van der Waals surface area contributed by atoms with Crippen molar-refractivity contribution in [3.05, 3.63) is 18.0 Å². The molecule has 0 N–H and O–H groups in total. The number of nitrogens with zero attached hydrogens (tertiary/aromatic N) is 4. The standard InChI is InChI=1S/C8H6N4O2S2/c13-6(5-1-4-14-11-5)10-8-12-3-2-9-7(12)15-16-8/h1,4H,2-3H2/b10-8+. The van der Waals surface area contributed by atoms with Crippen LogP contribution in [-0.4, -0.2) is 39.4 Å². The van der Waals surface area contributed by atoms with Gasteiger partial charge < -0.3 is 4.52 Å². The van der Waals surface area contributed by atoms with Crippen molar-refractivity contribution in [2.75, 3.05) is 13.1 Å². The van der Waals surface area contributed by atoms with E-state index in [9.17, 15) is 4.79 Å². The first-order valence-corrected chi connectivity index (χ1v) is 6.69. The lowest BCUT2D eigenvalue weighted by molar-refractivity contribution is 0.0994. The number of aromatic nitrogens is 1. The minimum absolute atomic E-state index is 0.225. The van der Waals surface area contributed by atoms with Crippen molar-refractivity contribution < 1.29 is 9.32 Å². The van der Waals surface area contributed by atoms with E-state index in [2.05, 4.69) is 19.7 Å². The van der Waals surface area contributed by atoms with Crippen LogP contribution in [-0.2, 0) is 0 Å². The van der Waals surface area contributed by atoms with Gasteiger partial charge in [-0.15, -0.1) is 0 Å². The summed E-state index contributed by atoms with van der Waals surface area (Å²) in [6.45, 7) is 1.56. The lowest BCUT2D eigenvalue weighted by Gasteiger charge is -2.08. The Morgan fingerprint density at radius 2 is 2.50 bits per heavy atom. The first kappa shape index (κ1) is 9.91. The van der Waals surface area contributed by atoms with Crippen molar-refractivity contribution in [3.8, 4) is 0 Å². The van der Waals surface area contributed by atoms with Gasteiger partial charge in [0.15, 0.2) is 16.0 Å². The fourth-order valence-electron chi connectivity index (χ4n) is 1.34. The summed E-state index contributed by atoms with van der Waals surface area (Å²) in [6.07, 6.45) is 1.35. The van der Waals surface area contributed by atoms with Crippen LogP contribution < -0.4 is 0 Å². The summed E-state index contributed by atoms with van der Waals surface area (Å²) in [4.78, 5) is 21.9. The van der Waals surface area contributed by atoms with Gasteiger partial charge in [0.2, 0.25) is 0 Å². The first-order chi connectivity index (χ1) is 7.84. The van der Waals surface area contributed by atoms with Gasteiger partial charge >= 0.3 is 5.91 Å². The largest absolute Gasteiger partial charge is 0.364 e. The van der Waals surface area contributed by atoms with Crippen LogP contribution in [0.15, 0.2) is 26.8 Å². The van der Waals surface area contributed by atoms with E-state index in [4.69, 9.17) is 0 Å². The molecule has 1 saturated heterocycles. The molecule has 0 aromatic carbocycles. The van der Waals surface area contributed by atoms with E-state index in [-0.39, 0.29) is 11.6 Å². The van der Waals surface area contributed by atoms with Crippen molar-refractivity contribution in [3.63, 3.8) is 0 Å². The number of aliphatic imine (C=N–C) groups is 2. The molecule has 0 bridgehead atoms. The Morgan fingerprint density at radius 3 is 3.31 bits per heavy atom. The molecule has 6 nitrogen and oxygen atoms in total. The highest BCUT2D eigenvalue weighted by atomic mass is 33.1. The van der Waals surface area contributed by atoms with Crippen molar-refractivity contribution >= 4 is 37.8 Å². The van der Waals surface area contributed by atoms with Crippen LogP contribution in [0.4, 0.5) is 0 Å². The molecule has 0 radical (unpaired) electrons. The molecular weight excluding hydrogens is 248 g/mol. The Morgan fingerprint density at radius 1 is 1.56 bits per heavy atom. The zero-order valence-corrected chi connectivity index (χ0v) is 9.62. The van der Waals surface area contributed by atoms with Crippen LogP contribution in [0.5, 0.6) is 0 Å². The van der Waals surface area contributed by atoms with E-state index in [0.717, 1.165) is 18.3 Å².